The Morgan fingerprint density at radius 2 is 2.30 bits per heavy atom. The molecule has 0 fully saturated rings. The molecule has 0 aliphatic carbocycles. The number of hydrogen-bond acceptors (Lipinski definition) is 7. The highest BCUT2D eigenvalue weighted by molar-refractivity contribution is 7.91. The van der Waals surface area contributed by atoms with Crippen LogP contribution in [0.15, 0.2) is 23.4 Å². The lowest BCUT2D eigenvalue weighted by atomic mass is 10.3. The first-order chi connectivity index (χ1) is 9.44. The fraction of sp³-hybridized carbons (Fsp3) is 0.455. The molecule has 0 amide bonds. The van der Waals surface area contributed by atoms with Crippen LogP contribution in [-0.4, -0.2) is 34.4 Å². The number of nitrogens with two attached hydrogens (primary N) is 1. The number of nitrogen functional groups attached to an aromatic ring is 1. The maximum Gasteiger partial charge on any atom is 0.184 e. The molecule has 2 aromatic heterocycles. The SMILES string of the molecule is CCS(=O)(=O)c1c(N)nsc1NC(C)Cn1cccn1. The van der Waals surface area contributed by atoms with Gasteiger partial charge in [-0.1, -0.05) is 6.92 Å². The molecule has 2 heterocycles. The van der Waals surface area contributed by atoms with Gasteiger partial charge in [0.1, 0.15) is 9.90 Å². The normalized spacial score (nSPS) is 13.3. The molecule has 7 nitrogen and oxygen atoms in total. The van der Waals surface area contributed by atoms with Gasteiger partial charge in [-0.25, -0.2) is 8.42 Å². The summed E-state index contributed by atoms with van der Waals surface area (Å²) < 4.78 is 29.8. The standard InChI is InChI=1S/C11H17N5O2S2/c1-3-20(17,18)9-10(12)15-19-11(9)14-8(2)7-16-6-4-5-13-16/h4-6,8,14H,3,7H2,1-2H3,(H2,12,15). The average molecular weight is 315 g/mol. The summed E-state index contributed by atoms with van der Waals surface area (Å²) in [5.41, 5.74) is 5.68. The number of aromatic nitrogens is 3. The van der Waals surface area contributed by atoms with E-state index in [2.05, 4.69) is 14.8 Å². The first kappa shape index (κ1) is 14.8. The van der Waals surface area contributed by atoms with Crippen LogP contribution in [0, 0.1) is 0 Å². The van der Waals surface area contributed by atoms with Crippen molar-refractivity contribution < 1.29 is 8.42 Å². The third-order valence-corrected chi connectivity index (χ3v) is 5.48. The van der Waals surface area contributed by atoms with Crippen molar-refractivity contribution in [1.29, 1.82) is 0 Å². The monoisotopic (exact) mass is 315 g/mol. The fourth-order valence-electron chi connectivity index (χ4n) is 1.79. The Hall–Kier alpha value is -1.61. The highest BCUT2D eigenvalue weighted by Gasteiger charge is 2.24. The molecule has 2 aromatic rings. The van der Waals surface area contributed by atoms with Gasteiger partial charge in [0, 0.05) is 18.4 Å². The zero-order valence-corrected chi connectivity index (χ0v) is 12.9. The predicted molar refractivity (Wildman–Crippen MR) is 79.6 cm³/mol. The van der Waals surface area contributed by atoms with Gasteiger partial charge >= 0.3 is 0 Å². The molecular formula is C11H17N5O2S2. The summed E-state index contributed by atoms with van der Waals surface area (Å²) in [7, 11) is -3.39. The summed E-state index contributed by atoms with van der Waals surface area (Å²) in [5, 5.41) is 7.75. The predicted octanol–water partition coefficient (Wildman–Crippen LogP) is 1.22. The lowest BCUT2D eigenvalue weighted by molar-refractivity contribution is 0.560. The van der Waals surface area contributed by atoms with Gasteiger partial charge in [-0.05, 0) is 24.5 Å². The average Bonchev–Trinajstić information content (AvgIpc) is 3.00. The smallest absolute Gasteiger partial charge is 0.184 e. The molecule has 9 heteroatoms. The molecule has 110 valence electrons. The van der Waals surface area contributed by atoms with Gasteiger partial charge in [-0.2, -0.15) is 9.47 Å². The van der Waals surface area contributed by atoms with Gasteiger partial charge < -0.3 is 11.1 Å². The van der Waals surface area contributed by atoms with Crippen LogP contribution in [-0.2, 0) is 16.4 Å². The largest absolute Gasteiger partial charge is 0.382 e. The van der Waals surface area contributed by atoms with Crippen LogP contribution in [0.1, 0.15) is 13.8 Å². The number of hydrogen-bond donors (Lipinski definition) is 2. The second-order valence-corrected chi connectivity index (χ2v) is 7.39. The first-order valence-corrected chi connectivity index (χ1v) is 8.58. The van der Waals surface area contributed by atoms with Crippen molar-refractivity contribution >= 4 is 32.2 Å². The fourth-order valence-corrected chi connectivity index (χ4v) is 4.06. The molecule has 3 N–H and O–H groups in total. The van der Waals surface area contributed by atoms with Crippen molar-refractivity contribution in [2.24, 2.45) is 0 Å². The minimum absolute atomic E-state index is 0.000515. The molecule has 1 unspecified atom stereocenters. The zero-order chi connectivity index (χ0) is 14.8. The number of anilines is 2. The molecule has 0 saturated carbocycles. The van der Waals surface area contributed by atoms with Gasteiger partial charge in [0.25, 0.3) is 0 Å². The Morgan fingerprint density at radius 1 is 1.55 bits per heavy atom. The number of sulfone groups is 1. The number of nitrogens with one attached hydrogen (secondary N) is 1. The van der Waals surface area contributed by atoms with Crippen molar-refractivity contribution in [1.82, 2.24) is 14.2 Å². The van der Waals surface area contributed by atoms with Crippen molar-refractivity contribution in [3.63, 3.8) is 0 Å². The zero-order valence-electron chi connectivity index (χ0n) is 11.3. The Balaban J connectivity index is 2.18. The Bertz CT molecular complexity index is 663. The van der Waals surface area contributed by atoms with Crippen molar-refractivity contribution in [3.8, 4) is 0 Å². The molecule has 0 aromatic carbocycles. The molecule has 0 spiro atoms. The Morgan fingerprint density at radius 3 is 2.90 bits per heavy atom. The summed E-state index contributed by atoms with van der Waals surface area (Å²) in [5.74, 6) is 0.0586. The summed E-state index contributed by atoms with van der Waals surface area (Å²) in [6, 6.07) is 1.84. The van der Waals surface area contributed by atoms with E-state index in [1.54, 1.807) is 17.8 Å². The highest BCUT2D eigenvalue weighted by Crippen LogP contribution is 2.32. The topological polar surface area (TPSA) is 103 Å². The molecule has 0 aliphatic heterocycles. The lowest BCUT2D eigenvalue weighted by Gasteiger charge is -2.14. The molecule has 1 atom stereocenters. The summed E-state index contributed by atoms with van der Waals surface area (Å²) in [6.45, 7) is 4.15. The van der Waals surface area contributed by atoms with Crippen LogP contribution in [0.5, 0.6) is 0 Å². The van der Waals surface area contributed by atoms with E-state index in [0.29, 0.717) is 11.5 Å². The lowest BCUT2D eigenvalue weighted by Crippen LogP contribution is -2.23. The number of rotatable bonds is 6. The van der Waals surface area contributed by atoms with Crippen molar-refractivity contribution in [2.75, 3.05) is 16.8 Å². The summed E-state index contributed by atoms with van der Waals surface area (Å²) in [4.78, 5) is 0.109. The third-order valence-electron chi connectivity index (χ3n) is 2.76. The van der Waals surface area contributed by atoms with E-state index in [9.17, 15) is 8.42 Å². The summed E-state index contributed by atoms with van der Waals surface area (Å²) >= 11 is 1.06. The van der Waals surface area contributed by atoms with Gasteiger partial charge in [-0.15, -0.1) is 0 Å². The maximum atomic E-state index is 12.0. The van der Waals surface area contributed by atoms with Crippen LogP contribution in [0.25, 0.3) is 0 Å². The van der Waals surface area contributed by atoms with Crippen LogP contribution in [0.3, 0.4) is 0 Å². The molecular weight excluding hydrogens is 298 g/mol. The molecule has 2 rings (SSSR count). The second kappa shape index (κ2) is 5.80. The summed E-state index contributed by atoms with van der Waals surface area (Å²) in [6.07, 6.45) is 3.55. The minimum Gasteiger partial charge on any atom is -0.382 e. The Labute approximate surface area is 121 Å². The van der Waals surface area contributed by atoms with E-state index in [0.717, 1.165) is 11.5 Å². The molecule has 0 radical (unpaired) electrons. The maximum absolute atomic E-state index is 12.0. The second-order valence-electron chi connectivity index (χ2n) is 4.40. The van der Waals surface area contributed by atoms with E-state index in [1.165, 1.54) is 0 Å². The molecule has 0 saturated heterocycles. The molecule has 0 aliphatic rings. The van der Waals surface area contributed by atoms with Crippen LogP contribution in [0.2, 0.25) is 0 Å². The highest BCUT2D eigenvalue weighted by atomic mass is 32.2. The van der Waals surface area contributed by atoms with E-state index >= 15 is 0 Å². The van der Waals surface area contributed by atoms with Crippen LogP contribution >= 0.6 is 11.5 Å². The van der Waals surface area contributed by atoms with Crippen LogP contribution < -0.4 is 11.1 Å². The Kier molecular flexibility index (Phi) is 4.29. The van der Waals surface area contributed by atoms with Gasteiger partial charge in [0.05, 0.1) is 12.3 Å². The van der Waals surface area contributed by atoms with E-state index in [-0.39, 0.29) is 22.5 Å². The molecule has 20 heavy (non-hydrogen) atoms. The van der Waals surface area contributed by atoms with Gasteiger partial charge in [0.15, 0.2) is 15.7 Å². The van der Waals surface area contributed by atoms with Crippen molar-refractivity contribution in [2.45, 2.75) is 31.3 Å². The first-order valence-electron chi connectivity index (χ1n) is 6.16. The minimum atomic E-state index is -3.39. The number of nitrogens with zero attached hydrogens (tertiary/aromatic N) is 3. The van der Waals surface area contributed by atoms with E-state index in [1.807, 2.05) is 19.2 Å². The van der Waals surface area contributed by atoms with Crippen LogP contribution in [0.4, 0.5) is 10.8 Å². The van der Waals surface area contributed by atoms with E-state index in [4.69, 9.17) is 5.73 Å². The quantitative estimate of drug-likeness (QED) is 0.830. The van der Waals surface area contributed by atoms with E-state index < -0.39 is 9.84 Å². The third kappa shape index (κ3) is 3.10. The molecule has 0 bridgehead atoms. The van der Waals surface area contributed by atoms with Gasteiger partial charge in [0.2, 0.25) is 0 Å². The van der Waals surface area contributed by atoms with Crippen molar-refractivity contribution in [3.05, 3.63) is 18.5 Å². The van der Waals surface area contributed by atoms with Gasteiger partial charge in [-0.3, -0.25) is 4.68 Å².